The molecule has 6 heteroatoms. The van der Waals surface area contributed by atoms with Crippen LogP contribution in [0.5, 0.6) is 0 Å². The maximum Gasteiger partial charge on any atom is 0.251 e. The third-order valence-corrected chi connectivity index (χ3v) is 4.96. The zero-order valence-corrected chi connectivity index (χ0v) is 17.0. The summed E-state index contributed by atoms with van der Waals surface area (Å²) in [7, 11) is 1.63. The average molecular weight is 385 g/mol. The van der Waals surface area contributed by atoms with Crippen LogP contribution in [0.2, 0.25) is 0 Å². The molecule has 0 radical (unpaired) electrons. The fraction of sp³-hybridized carbons (Fsp3) is 0.333. The lowest BCUT2D eigenvalue weighted by atomic mass is 10.1. The molecule has 0 aromatic heterocycles. The van der Waals surface area contributed by atoms with Crippen molar-refractivity contribution >= 4 is 23.6 Å². The van der Waals surface area contributed by atoms with Gasteiger partial charge in [-0.3, -0.25) is 4.79 Å². The first-order chi connectivity index (χ1) is 13.1. The first-order valence-electron chi connectivity index (χ1n) is 9.17. The van der Waals surface area contributed by atoms with Gasteiger partial charge in [0.15, 0.2) is 5.96 Å². The summed E-state index contributed by atoms with van der Waals surface area (Å²) in [6.07, 6.45) is 0. The molecule has 0 saturated heterocycles. The van der Waals surface area contributed by atoms with Crippen molar-refractivity contribution in [1.82, 2.24) is 16.0 Å². The molecule has 0 heterocycles. The molecular weight excluding hydrogens is 356 g/mol. The highest BCUT2D eigenvalue weighted by Crippen LogP contribution is 2.21. The predicted octanol–water partition coefficient (Wildman–Crippen LogP) is 3.28. The van der Waals surface area contributed by atoms with Crippen molar-refractivity contribution in [3.05, 3.63) is 65.7 Å². The van der Waals surface area contributed by atoms with Gasteiger partial charge in [0, 0.05) is 35.8 Å². The van der Waals surface area contributed by atoms with Gasteiger partial charge in [0.2, 0.25) is 0 Å². The number of nitrogens with zero attached hydrogens (tertiary/aromatic N) is 1. The molecule has 1 amide bonds. The number of hydrogen-bond donors (Lipinski definition) is 3. The Morgan fingerprint density at radius 3 is 2.41 bits per heavy atom. The average Bonchev–Trinajstić information content (AvgIpc) is 2.70. The van der Waals surface area contributed by atoms with Crippen molar-refractivity contribution in [3.63, 3.8) is 0 Å². The Kier molecular flexibility index (Phi) is 8.71. The summed E-state index contributed by atoms with van der Waals surface area (Å²) in [6, 6.07) is 17.9. The van der Waals surface area contributed by atoms with E-state index in [1.165, 1.54) is 4.90 Å². The SMILES string of the molecule is CCNC(=NCc1ccc(C(=O)NC)cc1)NCC(C)Sc1ccccc1. The Labute approximate surface area is 166 Å². The number of carbonyl (C=O) groups is 1. The van der Waals surface area contributed by atoms with E-state index in [0.29, 0.717) is 17.4 Å². The maximum atomic E-state index is 11.6. The molecule has 0 aliphatic rings. The highest BCUT2D eigenvalue weighted by atomic mass is 32.2. The maximum absolute atomic E-state index is 11.6. The number of amides is 1. The van der Waals surface area contributed by atoms with Crippen molar-refractivity contribution < 1.29 is 4.79 Å². The molecule has 5 nitrogen and oxygen atoms in total. The Morgan fingerprint density at radius 1 is 1.07 bits per heavy atom. The van der Waals surface area contributed by atoms with Gasteiger partial charge in [0.25, 0.3) is 5.91 Å². The lowest BCUT2D eigenvalue weighted by Gasteiger charge is -2.15. The van der Waals surface area contributed by atoms with Gasteiger partial charge in [-0.25, -0.2) is 4.99 Å². The zero-order valence-electron chi connectivity index (χ0n) is 16.2. The fourth-order valence-electron chi connectivity index (χ4n) is 2.43. The summed E-state index contributed by atoms with van der Waals surface area (Å²) < 4.78 is 0. The molecule has 0 bridgehead atoms. The van der Waals surface area contributed by atoms with Crippen LogP contribution in [0.1, 0.15) is 29.8 Å². The van der Waals surface area contributed by atoms with E-state index in [4.69, 9.17) is 0 Å². The summed E-state index contributed by atoms with van der Waals surface area (Å²) in [4.78, 5) is 17.5. The van der Waals surface area contributed by atoms with E-state index in [0.717, 1.165) is 24.6 Å². The minimum Gasteiger partial charge on any atom is -0.357 e. The molecule has 3 N–H and O–H groups in total. The molecule has 2 aromatic carbocycles. The van der Waals surface area contributed by atoms with Crippen LogP contribution >= 0.6 is 11.8 Å². The topological polar surface area (TPSA) is 65.5 Å². The van der Waals surface area contributed by atoms with Crippen molar-refractivity contribution in [2.24, 2.45) is 4.99 Å². The molecule has 1 unspecified atom stereocenters. The van der Waals surface area contributed by atoms with Crippen molar-refractivity contribution in [2.75, 3.05) is 20.1 Å². The summed E-state index contributed by atoms with van der Waals surface area (Å²) in [6.45, 7) is 6.44. The molecule has 0 spiro atoms. The zero-order chi connectivity index (χ0) is 19.5. The van der Waals surface area contributed by atoms with Crippen LogP contribution in [0.15, 0.2) is 64.5 Å². The smallest absolute Gasteiger partial charge is 0.251 e. The van der Waals surface area contributed by atoms with E-state index in [-0.39, 0.29) is 5.91 Å². The van der Waals surface area contributed by atoms with Crippen LogP contribution in [0, 0.1) is 0 Å². The van der Waals surface area contributed by atoms with Gasteiger partial charge in [0.1, 0.15) is 0 Å². The largest absolute Gasteiger partial charge is 0.357 e. The summed E-state index contributed by atoms with van der Waals surface area (Å²) >= 11 is 1.84. The molecule has 1 atom stereocenters. The van der Waals surface area contributed by atoms with E-state index in [9.17, 15) is 4.79 Å². The predicted molar refractivity (Wildman–Crippen MR) is 114 cm³/mol. The first kappa shape index (κ1) is 20.8. The summed E-state index contributed by atoms with van der Waals surface area (Å²) in [5.41, 5.74) is 1.72. The van der Waals surface area contributed by atoms with Gasteiger partial charge in [-0.05, 0) is 36.8 Å². The van der Waals surface area contributed by atoms with Gasteiger partial charge >= 0.3 is 0 Å². The Bertz CT molecular complexity index is 732. The first-order valence-corrected chi connectivity index (χ1v) is 10.0. The third-order valence-electron chi connectivity index (χ3n) is 3.84. The van der Waals surface area contributed by atoms with Crippen LogP contribution in [-0.4, -0.2) is 37.3 Å². The normalized spacial score (nSPS) is 12.3. The molecule has 0 fully saturated rings. The number of benzene rings is 2. The molecule has 0 aliphatic heterocycles. The lowest BCUT2D eigenvalue weighted by Crippen LogP contribution is -2.40. The molecule has 0 saturated carbocycles. The number of carbonyl (C=O) groups excluding carboxylic acids is 1. The number of thioether (sulfide) groups is 1. The standard InChI is InChI=1S/C21H28N4OS/c1-4-23-21(24-14-16(2)27-19-8-6-5-7-9-19)25-15-17-10-12-18(13-11-17)20(26)22-3/h5-13,16H,4,14-15H2,1-3H3,(H,22,26)(H2,23,24,25). The fourth-order valence-corrected chi connectivity index (χ4v) is 3.38. The van der Waals surface area contributed by atoms with Gasteiger partial charge in [-0.15, -0.1) is 11.8 Å². The van der Waals surface area contributed by atoms with E-state index < -0.39 is 0 Å². The van der Waals surface area contributed by atoms with Gasteiger partial charge in [-0.2, -0.15) is 0 Å². The number of hydrogen-bond acceptors (Lipinski definition) is 3. The van der Waals surface area contributed by atoms with Crippen molar-refractivity contribution in [2.45, 2.75) is 30.5 Å². The lowest BCUT2D eigenvalue weighted by molar-refractivity contribution is 0.0963. The second-order valence-electron chi connectivity index (χ2n) is 6.09. The van der Waals surface area contributed by atoms with E-state index in [1.807, 2.05) is 42.1 Å². The van der Waals surface area contributed by atoms with Crippen LogP contribution in [0.4, 0.5) is 0 Å². The van der Waals surface area contributed by atoms with Crippen LogP contribution in [-0.2, 0) is 6.54 Å². The molecular formula is C21H28N4OS. The van der Waals surface area contributed by atoms with Crippen LogP contribution < -0.4 is 16.0 Å². The number of aliphatic imine (C=N–C) groups is 1. The van der Waals surface area contributed by atoms with Gasteiger partial charge < -0.3 is 16.0 Å². The summed E-state index contributed by atoms with van der Waals surface area (Å²) in [5.74, 6) is 0.721. The minimum absolute atomic E-state index is 0.0787. The molecule has 0 aliphatic carbocycles. The molecule has 2 aromatic rings. The Hall–Kier alpha value is -2.47. The Balaban J connectivity index is 1.88. The summed E-state index contributed by atoms with van der Waals surface area (Å²) in [5, 5.41) is 9.72. The van der Waals surface area contributed by atoms with Crippen LogP contribution in [0.3, 0.4) is 0 Å². The molecule has 2 rings (SSSR count). The van der Waals surface area contributed by atoms with E-state index in [1.54, 1.807) is 7.05 Å². The monoisotopic (exact) mass is 384 g/mol. The number of rotatable bonds is 8. The second kappa shape index (κ2) is 11.3. The molecule has 27 heavy (non-hydrogen) atoms. The highest BCUT2D eigenvalue weighted by molar-refractivity contribution is 8.00. The minimum atomic E-state index is -0.0787. The van der Waals surface area contributed by atoms with Crippen molar-refractivity contribution in [3.8, 4) is 0 Å². The Morgan fingerprint density at radius 2 is 1.78 bits per heavy atom. The second-order valence-corrected chi connectivity index (χ2v) is 7.61. The number of nitrogens with one attached hydrogen (secondary N) is 3. The van der Waals surface area contributed by atoms with Crippen LogP contribution in [0.25, 0.3) is 0 Å². The van der Waals surface area contributed by atoms with E-state index in [2.05, 4.69) is 59.1 Å². The van der Waals surface area contributed by atoms with Crippen molar-refractivity contribution in [1.29, 1.82) is 0 Å². The molecule has 144 valence electrons. The van der Waals surface area contributed by atoms with Gasteiger partial charge in [0.05, 0.1) is 6.54 Å². The van der Waals surface area contributed by atoms with Gasteiger partial charge in [-0.1, -0.05) is 37.3 Å². The quantitative estimate of drug-likeness (QED) is 0.371. The highest BCUT2D eigenvalue weighted by Gasteiger charge is 2.06. The third kappa shape index (κ3) is 7.35. The van der Waals surface area contributed by atoms with E-state index >= 15 is 0 Å². The number of guanidine groups is 1.